The molecule has 4 N–H and O–H groups in total. The first-order chi connectivity index (χ1) is 8.06. The number of carboxylic acid groups (broad SMARTS) is 1. The monoisotopic (exact) mass is 234 g/mol. The molecule has 0 amide bonds. The molecule has 92 valence electrons. The number of rotatable bonds is 3. The highest BCUT2D eigenvalue weighted by atomic mass is 16.4. The Labute approximate surface area is 101 Å². The highest BCUT2D eigenvalue weighted by Crippen LogP contribution is 2.28. The van der Waals surface area contributed by atoms with E-state index < -0.39 is 5.97 Å². The van der Waals surface area contributed by atoms with Gasteiger partial charge in [0.1, 0.15) is 0 Å². The maximum Gasteiger partial charge on any atom is 0.337 e. The maximum absolute atomic E-state index is 10.8. The van der Waals surface area contributed by atoms with Crippen molar-refractivity contribution in [2.24, 2.45) is 5.92 Å². The van der Waals surface area contributed by atoms with Crippen molar-refractivity contribution >= 4 is 17.3 Å². The number of nitrogens with one attached hydrogen (secondary N) is 1. The Morgan fingerprint density at radius 2 is 2.24 bits per heavy atom. The van der Waals surface area contributed by atoms with Crippen molar-refractivity contribution in [2.45, 2.75) is 32.2 Å². The summed E-state index contributed by atoms with van der Waals surface area (Å²) >= 11 is 0. The molecule has 4 nitrogen and oxygen atoms in total. The predicted octanol–water partition coefficient (Wildman–Crippen LogP) is 2.57. The van der Waals surface area contributed by atoms with Gasteiger partial charge in [-0.3, -0.25) is 0 Å². The lowest BCUT2D eigenvalue weighted by molar-refractivity contribution is 0.0698. The zero-order chi connectivity index (χ0) is 12.4. The third-order valence-corrected chi connectivity index (χ3v) is 3.35. The van der Waals surface area contributed by atoms with Crippen LogP contribution in [0.25, 0.3) is 0 Å². The molecule has 0 aliphatic heterocycles. The molecule has 2 rings (SSSR count). The van der Waals surface area contributed by atoms with Crippen LogP contribution in [0, 0.1) is 5.92 Å². The molecule has 1 aromatic carbocycles. The fourth-order valence-electron chi connectivity index (χ4n) is 2.42. The Morgan fingerprint density at radius 1 is 1.47 bits per heavy atom. The van der Waals surface area contributed by atoms with Gasteiger partial charge in [-0.2, -0.15) is 0 Å². The van der Waals surface area contributed by atoms with Crippen LogP contribution in [0.1, 0.15) is 36.5 Å². The molecule has 1 aromatic rings. The van der Waals surface area contributed by atoms with Crippen molar-refractivity contribution in [3.63, 3.8) is 0 Å². The standard InChI is InChI=1S/C13H18N2O2/c1-8-2-3-9(6-8)15-10-4-5-11(13(16)17)12(14)7-10/h4-5,7-9,15H,2-3,6,14H2,1H3,(H,16,17). The summed E-state index contributed by atoms with van der Waals surface area (Å²) in [6.07, 6.45) is 3.59. The predicted molar refractivity (Wildman–Crippen MR) is 68.2 cm³/mol. The average molecular weight is 234 g/mol. The zero-order valence-electron chi connectivity index (χ0n) is 9.94. The number of carbonyl (C=O) groups is 1. The number of hydrogen-bond donors (Lipinski definition) is 3. The summed E-state index contributed by atoms with van der Waals surface area (Å²) in [5.74, 6) is -0.216. The second kappa shape index (κ2) is 4.65. The fourth-order valence-corrected chi connectivity index (χ4v) is 2.42. The molecular weight excluding hydrogens is 216 g/mol. The molecule has 4 heteroatoms. The first-order valence-electron chi connectivity index (χ1n) is 5.95. The Hall–Kier alpha value is -1.71. The summed E-state index contributed by atoms with van der Waals surface area (Å²) in [6, 6.07) is 5.52. The molecule has 17 heavy (non-hydrogen) atoms. The number of aromatic carboxylic acids is 1. The van der Waals surface area contributed by atoms with Crippen molar-refractivity contribution in [3.8, 4) is 0 Å². The van der Waals surface area contributed by atoms with E-state index >= 15 is 0 Å². The summed E-state index contributed by atoms with van der Waals surface area (Å²) in [5.41, 5.74) is 7.09. The van der Waals surface area contributed by atoms with Crippen LogP contribution in [0.5, 0.6) is 0 Å². The molecule has 1 saturated carbocycles. The van der Waals surface area contributed by atoms with Crippen molar-refractivity contribution in [1.29, 1.82) is 0 Å². The molecular formula is C13H18N2O2. The van der Waals surface area contributed by atoms with Gasteiger partial charge >= 0.3 is 5.97 Å². The summed E-state index contributed by atoms with van der Waals surface area (Å²) in [6.45, 7) is 2.25. The highest BCUT2D eigenvalue weighted by molar-refractivity contribution is 5.94. The normalized spacial score (nSPS) is 23.6. The lowest BCUT2D eigenvalue weighted by atomic mass is 10.1. The molecule has 1 fully saturated rings. The Morgan fingerprint density at radius 3 is 2.76 bits per heavy atom. The smallest absolute Gasteiger partial charge is 0.337 e. The largest absolute Gasteiger partial charge is 0.478 e. The molecule has 0 saturated heterocycles. The van der Waals surface area contributed by atoms with Gasteiger partial charge in [0.15, 0.2) is 0 Å². The lowest BCUT2D eigenvalue weighted by Crippen LogP contribution is -2.15. The van der Waals surface area contributed by atoms with Gasteiger partial charge < -0.3 is 16.2 Å². The van der Waals surface area contributed by atoms with Crippen LogP contribution in [0.4, 0.5) is 11.4 Å². The molecule has 0 heterocycles. The van der Waals surface area contributed by atoms with Crippen molar-refractivity contribution in [1.82, 2.24) is 0 Å². The number of anilines is 2. The van der Waals surface area contributed by atoms with E-state index in [9.17, 15) is 4.79 Å². The number of carboxylic acids is 1. The highest BCUT2D eigenvalue weighted by Gasteiger charge is 2.21. The third-order valence-electron chi connectivity index (χ3n) is 3.35. The third kappa shape index (κ3) is 2.70. The van der Waals surface area contributed by atoms with E-state index in [4.69, 9.17) is 10.8 Å². The van der Waals surface area contributed by atoms with Gasteiger partial charge in [0.2, 0.25) is 0 Å². The van der Waals surface area contributed by atoms with Gasteiger partial charge in [-0.1, -0.05) is 6.92 Å². The minimum atomic E-state index is -0.983. The van der Waals surface area contributed by atoms with E-state index in [-0.39, 0.29) is 5.56 Å². The lowest BCUT2D eigenvalue weighted by Gasteiger charge is -2.14. The van der Waals surface area contributed by atoms with Crippen LogP contribution in [0.15, 0.2) is 18.2 Å². The van der Waals surface area contributed by atoms with E-state index in [1.807, 2.05) is 0 Å². The zero-order valence-corrected chi connectivity index (χ0v) is 9.94. The van der Waals surface area contributed by atoms with Crippen LogP contribution in [0.3, 0.4) is 0 Å². The molecule has 0 aromatic heterocycles. The van der Waals surface area contributed by atoms with E-state index in [0.29, 0.717) is 11.7 Å². The Bertz CT molecular complexity index is 431. The minimum absolute atomic E-state index is 0.162. The van der Waals surface area contributed by atoms with E-state index in [1.165, 1.54) is 19.3 Å². The molecule has 0 radical (unpaired) electrons. The fraction of sp³-hybridized carbons (Fsp3) is 0.462. The summed E-state index contributed by atoms with van der Waals surface area (Å²) < 4.78 is 0. The number of hydrogen-bond acceptors (Lipinski definition) is 3. The molecule has 0 bridgehead atoms. The molecule has 1 aliphatic rings. The van der Waals surface area contributed by atoms with Crippen LogP contribution in [-0.4, -0.2) is 17.1 Å². The van der Waals surface area contributed by atoms with Crippen molar-refractivity contribution in [3.05, 3.63) is 23.8 Å². The van der Waals surface area contributed by atoms with Gasteiger partial charge in [0.05, 0.1) is 5.56 Å². The molecule has 0 spiro atoms. The van der Waals surface area contributed by atoms with E-state index in [2.05, 4.69) is 12.2 Å². The first kappa shape index (κ1) is 11.8. The van der Waals surface area contributed by atoms with Gasteiger partial charge in [0.25, 0.3) is 0 Å². The van der Waals surface area contributed by atoms with E-state index in [0.717, 1.165) is 11.6 Å². The minimum Gasteiger partial charge on any atom is -0.478 e. The summed E-state index contributed by atoms with van der Waals surface area (Å²) in [5, 5.41) is 12.3. The second-order valence-electron chi connectivity index (χ2n) is 4.87. The summed E-state index contributed by atoms with van der Waals surface area (Å²) in [4.78, 5) is 10.8. The average Bonchev–Trinajstić information content (AvgIpc) is 2.63. The van der Waals surface area contributed by atoms with Crippen molar-refractivity contribution in [2.75, 3.05) is 11.1 Å². The van der Waals surface area contributed by atoms with Crippen molar-refractivity contribution < 1.29 is 9.90 Å². The molecule has 2 unspecified atom stereocenters. The number of nitrogens with two attached hydrogens (primary N) is 1. The van der Waals surface area contributed by atoms with Crippen LogP contribution < -0.4 is 11.1 Å². The number of nitrogen functional groups attached to an aromatic ring is 1. The van der Waals surface area contributed by atoms with Crippen LogP contribution in [0.2, 0.25) is 0 Å². The molecule has 2 atom stereocenters. The Kier molecular flexibility index (Phi) is 3.22. The topological polar surface area (TPSA) is 75.3 Å². The summed E-state index contributed by atoms with van der Waals surface area (Å²) in [7, 11) is 0. The Balaban J connectivity index is 2.07. The quantitative estimate of drug-likeness (QED) is 0.702. The van der Waals surface area contributed by atoms with Crippen LogP contribution >= 0.6 is 0 Å². The first-order valence-corrected chi connectivity index (χ1v) is 5.95. The number of benzene rings is 1. The van der Waals surface area contributed by atoms with Gasteiger partial charge in [-0.25, -0.2) is 4.79 Å². The second-order valence-corrected chi connectivity index (χ2v) is 4.87. The van der Waals surface area contributed by atoms with Crippen LogP contribution in [-0.2, 0) is 0 Å². The van der Waals surface area contributed by atoms with Gasteiger partial charge in [0, 0.05) is 17.4 Å². The van der Waals surface area contributed by atoms with Gasteiger partial charge in [-0.15, -0.1) is 0 Å². The molecule has 1 aliphatic carbocycles. The van der Waals surface area contributed by atoms with E-state index in [1.54, 1.807) is 18.2 Å². The maximum atomic E-state index is 10.8. The SMILES string of the molecule is CC1CCC(Nc2ccc(C(=O)O)c(N)c2)C1. The van der Waals surface area contributed by atoms with Gasteiger partial charge in [-0.05, 0) is 43.4 Å².